The third-order valence-electron chi connectivity index (χ3n) is 3.28. The molecule has 1 rings (SSSR count). The first-order valence-electron chi connectivity index (χ1n) is 7.57. The summed E-state index contributed by atoms with van der Waals surface area (Å²) in [4.78, 5) is 25.4. The average Bonchev–Trinajstić information content (AvgIpc) is 2.38. The van der Waals surface area contributed by atoms with Gasteiger partial charge in [-0.3, -0.25) is 15.0 Å². The standard InChI is InChI=1S/C14H28N4O3/c1-11(2)4-5-16-14(20)17-13(19)10-18-6-7-21-12(9-18)8-15-3/h11-12,15H,4-10H2,1-3H3,(H2,16,17,19,20). The quantitative estimate of drug-likeness (QED) is 0.605. The second-order valence-electron chi connectivity index (χ2n) is 5.77. The summed E-state index contributed by atoms with van der Waals surface area (Å²) in [6.07, 6.45) is 0.993. The molecule has 0 aliphatic carbocycles. The molecule has 7 nitrogen and oxygen atoms in total. The van der Waals surface area contributed by atoms with Gasteiger partial charge in [-0.1, -0.05) is 13.8 Å². The smallest absolute Gasteiger partial charge is 0.321 e. The van der Waals surface area contributed by atoms with Crippen molar-refractivity contribution in [2.75, 3.05) is 46.4 Å². The van der Waals surface area contributed by atoms with Gasteiger partial charge in [-0.25, -0.2) is 4.79 Å². The van der Waals surface area contributed by atoms with Crippen LogP contribution in [0.3, 0.4) is 0 Å². The zero-order chi connectivity index (χ0) is 15.7. The van der Waals surface area contributed by atoms with Crippen molar-refractivity contribution in [3.05, 3.63) is 0 Å². The minimum Gasteiger partial charge on any atom is -0.374 e. The van der Waals surface area contributed by atoms with Gasteiger partial charge >= 0.3 is 6.03 Å². The van der Waals surface area contributed by atoms with E-state index in [-0.39, 0.29) is 18.6 Å². The molecule has 0 aromatic carbocycles. The first-order chi connectivity index (χ1) is 10.0. The van der Waals surface area contributed by atoms with E-state index < -0.39 is 6.03 Å². The predicted octanol–water partition coefficient (Wildman–Crippen LogP) is -0.221. The van der Waals surface area contributed by atoms with E-state index in [0.717, 1.165) is 13.0 Å². The number of urea groups is 1. The zero-order valence-electron chi connectivity index (χ0n) is 13.3. The third-order valence-corrected chi connectivity index (χ3v) is 3.28. The molecule has 0 aromatic rings. The van der Waals surface area contributed by atoms with Gasteiger partial charge in [-0.05, 0) is 19.4 Å². The van der Waals surface area contributed by atoms with E-state index in [9.17, 15) is 9.59 Å². The number of rotatable bonds is 7. The fraction of sp³-hybridized carbons (Fsp3) is 0.857. The molecule has 21 heavy (non-hydrogen) atoms. The third kappa shape index (κ3) is 7.99. The van der Waals surface area contributed by atoms with Gasteiger partial charge in [0.1, 0.15) is 0 Å². The molecular weight excluding hydrogens is 272 g/mol. The van der Waals surface area contributed by atoms with Crippen LogP contribution < -0.4 is 16.0 Å². The van der Waals surface area contributed by atoms with E-state index in [2.05, 4.69) is 29.8 Å². The zero-order valence-corrected chi connectivity index (χ0v) is 13.3. The van der Waals surface area contributed by atoms with E-state index in [1.165, 1.54) is 0 Å². The van der Waals surface area contributed by atoms with Gasteiger partial charge in [-0.2, -0.15) is 0 Å². The van der Waals surface area contributed by atoms with E-state index in [1.807, 2.05) is 11.9 Å². The Labute approximate surface area is 126 Å². The number of likely N-dealkylation sites (N-methyl/N-ethyl adjacent to an activating group) is 1. The number of nitrogens with one attached hydrogen (secondary N) is 3. The number of imide groups is 1. The minimum absolute atomic E-state index is 0.0939. The van der Waals surface area contributed by atoms with Gasteiger partial charge in [0.25, 0.3) is 0 Å². The summed E-state index contributed by atoms with van der Waals surface area (Å²) >= 11 is 0. The van der Waals surface area contributed by atoms with E-state index in [1.54, 1.807) is 0 Å². The molecule has 0 radical (unpaired) electrons. The summed E-state index contributed by atoms with van der Waals surface area (Å²) in [5, 5.41) is 8.11. The normalized spacial score (nSPS) is 19.5. The van der Waals surface area contributed by atoms with Gasteiger partial charge in [0, 0.05) is 26.2 Å². The highest BCUT2D eigenvalue weighted by atomic mass is 16.5. The Bertz CT molecular complexity index is 334. The number of hydrogen-bond donors (Lipinski definition) is 3. The molecule has 1 aliphatic heterocycles. The van der Waals surface area contributed by atoms with Crippen LogP contribution in [0.1, 0.15) is 20.3 Å². The van der Waals surface area contributed by atoms with Crippen molar-refractivity contribution < 1.29 is 14.3 Å². The lowest BCUT2D eigenvalue weighted by atomic mass is 10.1. The van der Waals surface area contributed by atoms with Crippen LogP contribution in [-0.2, 0) is 9.53 Å². The molecule has 122 valence electrons. The fourth-order valence-electron chi connectivity index (χ4n) is 2.16. The van der Waals surface area contributed by atoms with Crippen LogP contribution in [0.25, 0.3) is 0 Å². The number of ether oxygens (including phenoxy) is 1. The molecule has 1 atom stereocenters. The van der Waals surface area contributed by atoms with Gasteiger partial charge in [0.15, 0.2) is 0 Å². The SMILES string of the molecule is CNCC1CN(CC(=O)NC(=O)NCCC(C)C)CCO1. The van der Waals surface area contributed by atoms with Crippen molar-refractivity contribution in [2.24, 2.45) is 5.92 Å². The van der Waals surface area contributed by atoms with Crippen LogP contribution >= 0.6 is 0 Å². The molecular formula is C14H28N4O3. The highest BCUT2D eigenvalue weighted by Gasteiger charge is 2.22. The second kappa shape index (κ2) is 9.70. The fourth-order valence-corrected chi connectivity index (χ4v) is 2.16. The van der Waals surface area contributed by atoms with Crippen LogP contribution in [0.2, 0.25) is 0 Å². The highest BCUT2D eigenvalue weighted by molar-refractivity contribution is 5.95. The van der Waals surface area contributed by atoms with Crippen LogP contribution in [0.4, 0.5) is 4.79 Å². The molecule has 0 bridgehead atoms. The molecule has 1 fully saturated rings. The largest absolute Gasteiger partial charge is 0.374 e. The van der Waals surface area contributed by atoms with E-state index in [0.29, 0.717) is 32.2 Å². The summed E-state index contributed by atoms with van der Waals surface area (Å²) in [7, 11) is 1.87. The topological polar surface area (TPSA) is 82.7 Å². The molecule has 0 aromatic heterocycles. The molecule has 1 saturated heterocycles. The number of morpholine rings is 1. The number of hydrogen-bond acceptors (Lipinski definition) is 5. The molecule has 0 spiro atoms. The maximum Gasteiger partial charge on any atom is 0.321 e. The van der Waals surface area contributed by atoms with Gasteiger partial charge in [-0.15, -0.1) is 0 Å². The van der Waals surface area contributed by atoms with Crippen molar-refractivity contribution in [2.45, 2.75) is 26.4 Å². The summed E-state index contributed by atoms with van der Waals surface area (Å²) in [5.41, 5.74) is 0. The Hall–Kier alpha value is -1.18. The molecule has 1 unspecified atom stereocenters. The number of carbonyl (C=O) groups is 2. The lowest BCUT2D eigenvalue weighted by molar-refractivity contribution is -0.123. The summed E-state index contributed by atoms with van der Waals surface area (Å²) < 4.78 is 5.57. The highest BCUT2D eigenvalue weighted by Crippen LogP contribution is 2.03. The van der Waals surface area contributed by atoms with Crippen LogP contribution in [-0.4, -0.2) is 69.3 Å². The van der Waals surface area contributed by atoms with Crippen molar-refractivity contribution in [3.8, 4) is 0 Å². The Morgan fingerprint density at radius 1 is 1.38 bits per heavy atom. The molecule has 0 saturated carbocycles. The molecule has 1 aliphatic rings. The van der Waals surface area contributed by atoms with Crippen LogP contribution in [0.5, 0.6) is 0 Å². The van der Waals surface area contributed by atoms with E-state index >= 15 is 0 Å². The minimum atomic E-state index is -0.416. The van der Waals surface area contributed by atoms with Gasteiger partial charge < -0.3 is 15.4 Å². The van der Waals surface area contributed by atoms with Crippen LogP contribution in [0, 0.1) is 5.92 Å². The average molecular weight is 300 g/mol. The Kier molecular flexibility index (Phi) is 8.26. The molecule has 7 heteroatoms. The Morgan fingerprint density at radius 2 is 2.14 bits per heavy atom. The number of nitrogens with zero attached hydrogens (tertiary/aromatic N) is 1. The summed E-state index contributed by atoms with van der Waals surface area (Å²) in [6, 6.07) is -0.416. The summed E-state index contributed by atoms with van der Waals surface area (Å²) in [6.45, 7) is 7.76. The van der Waals surface area contributed by atoms with E-state index in [4.69, 9.17) is 4.74 Å². The van der Waals surface area contributed by atoms with Crippen molar-refractivity contribution >= 4 is 11.9 Å². The molecule has 1 heterocycles. The van der Waals surface area contributed by atoms with Crippen molar-refractivity contribution in [1.82, 2.24) is 20.9 Å². The van der Waals surface area contributed by atoms with Gasteiger partial charge in [0.05, 0.1) is 19.3 Å². The molecule has 3 amide bonds. The van der Waals surface area contributed by atoms with Crippen LogP contribution in [0.15, 0.2) is 0 Å². The lowest BCUT2D eigenvalue weighted by Crippen LogP contribution is -2.51. The Balaban J connectivity index is 2.21. The lowest BCUT2D eigenvalue weighted by Gasteiger charge is -2.32. The number of carbonyl (C=O) groups excluding carboxylic acids is 2. The monoisotopic (exact) mass is 300 g/mol. The second-order valence-corrected chi connectivity index (χ2v) is 5.77. The maximum absolute atomic E-state index is 11.8. The first kappa shape index (κ1) is 17.9. The summed E-state index contributed by atoms with van der Waals surface area (Å²) in [5.74, 6) is 0.251. The maximum atomic E-state index is 11.8. The first-order valence-corrected chi connectivity index (χ1v) is 7.57. The number of amides is 3. The van der Waals surface area contributed by atoms with Crippen molar-refractivity contribution in [1.29, 1.82) is 0 Å². The van der Waals surface area contributed by atoms with Crippen molar-refractivity contribution in [3.63, 3.8) is 0 Å². The van der Waals surface area contributed by atoms with Gasteiger partial charge in [0.2, 0.25) is 5.91 Å². The molecule has 3 N–H and O–H groups in total. The Morgan fingerprint density at radius 3 is 2.81 bits per heavy atom. The predicted molar refractivity (Wildman–Crippen MR) is 81.1 cm³/mol.